The van der Waals surface area contributed by atoms with Crippen LogP contribution in [0.2, 0.25) is 5.02 Å². The van der Waals surface area contributed by atoms with Crippen molar-refractivity contribution in [1.29, 1.82) is 0 Å². The van der Waals surface area contributed by atoms with E-state index in [2.05, 4.69) is 25.1 Å². The Balaban J connectivity index is 1.76. The topological polar surface area (TPSA) is 146 Å². The van der Waals surface area contributed by atoms with Crippen molar-refractivity contribution in [3.63, 3.8) is 0 Å². The fourth-order valence-corrected chi connectivity index (χ4v) is 6.27. The molecule has 11 nitrogen and oxygen atoms in total. The van der Waals surface area contributed by atoms with Crippen LogP contribution in [-0.4, -0.2) is 50.1 Å². The summed E-state index contributed by atoms with van der Waals surface area (Å²) >= 11 is 6.02. The van der Waals surface area contributed by atoms with Gasteiger partial charge in [0.25, 0.3) is 0 Å². The van der Waals surface area contributed by atoms with E-state index in [1.165, 1.54) is 6.33 Å². The summed E-state index contributed by atoms with van der Waals surface area (Å²) < 4.78 is 27.3. The molecule has 3 rings (SSSR count). The van der Waals surface area contributed by atoms with E-state index in [-0.39, 0.29) is 25.1 Å². The van der Waals surface area contributed by atoms with Crippen LogP contribution in [0, 0.1) is 0 Å². The molecule has 13 heteroatoms. The molecule has 3 atom stereocenters. The van der Waals surface area contributed by atoms with Crippen molar-refractivity contribution >= 4 is 42.0 Å². The van der Waals surface area contributed by atoms with Crippen molar-refractivity contribution in [3.8, 4) is 0 Å². The summed E-state index contributed by atoms with van der Waals surface area (Å²) in [6, 6.07) is 6.92. The molecule has 4 N–H and O–H groups in total. The van der Waals surface area contributed by atoms with Crippen LogP contribution in [0.3, 0.4) is 0 Å². The van der Waals surface area contributed by atoms with E-state index in [4.69, 9.17) is 26.8 Å². The number of imidazole rings is 1. The Bertz CT molecular complexity index is 1250. The molecule has 0 radical (unpaired) electrons. The molecule has 202 valence electrons. The molecule has 2 aromatic heterocycles. The van der Waals surface area contributed by atoms with Gasteiger partial charge in [-0.05, 0) is 51.8 Å². The number of hydrogen-bond acceptors (Lipinski definition) is 8. The standard InChI is InChI=1S/C24H35ClN7O4P/c1-6-11-35-23(33)24(4,5)31-37(34,30-17(3)18-7-9-19(25)10-8-18)15-36-16(2)12-32-14-29-20-21(26)27-13-28-22(20)32/h7-10,13-14,16-17H,6,11-12,15H2,1-5H3,(H2,26,27,28)(H2,30,31,34)/t16?,17-,37?/m0/s1. The Morgan fingerprint density at radius 2 is 1.92 bits per heavy atom. The van der Waals surface area contributed by atoms with Gasteiger partial charge in [-0.25, -0.2) is 25.1 Å². The highest BCUT2D eigenvalue weighted by Crippen LogP contribution is 2.42. The first kappa shape index (κ1) is 29.0. The van der Waals surface area contributed by atoms with Crippen molar-refractivity contribution in [3.05, 3.63) is 47.5 Å². The molecule has 1 aromatic carbocycles. The van der Waals surface area contributed by atoms with Crippen molar-refractivity contribution < 1.29 is 18.8 Å². The first-order valence-corrected chi connectivity index (χ1v) is 14.3. The van der Waals surface area contributed by atoms with Crippen molar-refractivity contribution in [2.45, 2.75) is 65.3 Å². The van der Waals surface area contributed by atoms with Crippen LogP contribution in [0.4, 0.5) is 5.82 Å². The van der Waals surface area contributed by atoms with E-state index in [1.807, 2.05) is 32.9 Å². The summed E-state index contributed by atoms with van der Waals surface area (Å²) in [5, 5.41) is 6.77. The molecule has 0 saturated heterocycles. The molecule has 0 fully saturated rings. The Morgan fingerprint density at radius 1 is 1.22 bits per heavy atom. The largest absolute Gasteiger partial charge is 0.464 e. The van der Waals surface area contributed by atoms with Gasteiger partial charge in [0, 0.05) is 11.1 Å². The highest BCUT2D eigenvalue weighted by atomic mass is 35.5. The van der Waals surface area contributed by atoms with E-state index < -0.39 is 19.0 Å². The van der Waals surface area contributed by atoms with Crippen LogP contribution in [0.5, 0.6) is 0 Å². The number of nitrogens with two attached hydrogens (primary N) is 1. The van der Waals surface area contributed by atoms with Gasteiger partial charge in [0.05, 0.1) is 25.6 Å². The molecule has 0 spiro atoms. The third kappa shape index (κ3) is 7.72. The predicted molar refractivity (Wildman–Crippen MR) is 144 cm³/mol. The fourth-order valence-electron chi connectivity index (χ4n) is 3.71. The van der Waals surface area contributed by atoms with Gasteiger partial charge in [0.1, 0.15) is 23.7 Å². The molecule has 0 bridgehead atoms. The highest BCUT2D eigenvalue weighted by Gasteiger charge is 2.38. The summed E-state index contributed by atoms with van der Waals surface area (Å²) in [6.07, 6.45) is 3.13. The number of hydrogen-bond donors (Lipinski definition) is 3. The molecule has 37 heavy (non-hydrogen) atoms. The zero-order valence-corrected chi connectivity index (χ0v) is 23.4. The van der Waals surface area contributed by atoms with Gasteiger partial charge in [0.2, 0.25) is 7.44 Å². The number of fused-ring (bicyclic) bond motifs is 1. The van der Waals surface area contributed by atoms with Crippen molar-refractivity contribution in [2.75, 3.05) is 18.7 Å². The number of ether oxygens (including phenoxy) is 2. The molecule has 0 aliphatic heterocycles. The minimum Gasteiger partial charge on any atom is -0.464 e. The lowest BCUT2D eigenvalue weighted by Gasteiger charge is -2.33. The van der Waals surface area contributed by atoms with Crippen LogP contribution < -0.4 is 15.9 Å². The third-order valence-corrected chi connectivity index (χ3v) is 8.09. The van der Waals surface area contributed by atoms with E-state index in [9.17, 15) is 9.36 Å². The van der Waals surface area contributed by atoms with E-state index in [1.54, 1.807) is 36.9 Å². The molecule has 3 aromatic rings. The number of carbonyl (C=O) groups excluding carboxylic acids is 1. The molecule has 0 aliphatic carbocycles. The van der Waals surface area contributed by atoms with Crippen LogP contribution in [-0.2, 0) is 25.4 Å². The molecule has 0 amide bonds. The Hall–Kier alpha value is -2.56. The Morgan fingerprint density at radius 3 is 2.59 bits per heavy atom. The highest BCUT2D eigenvalue weighted by molar-refractivity contribution is 7.59. The van der Waals surface area contributed by atoms with Gasteiger partial charge >= 0.3 is 5.97 Å². The van der Waals surface area contributed by atoms with Crippen LogP contribution in [0.1, 0.15) is 52.6 Å². The quantitative estimate of drug-likeness (QED) is 0.207. The zero-order chi connectivity index (χ0) is 27.2. The number of benzene rings is 1. The van der Waals surface area contributed by atoms with Crippen LogP contribution >= 0.6 is 19.0 Å². The number of halogens is 1. The van der Waals surface area contributed by atoms with Gasteiger partial charge in [-0.2, -0.15) is 0 Å². The third-order valence-electron chi connectivity index (χ3n) is 5.60. The van der Waals surface area contributed by atoms with E-state index >= 15 is 0 Å². The molecular weight excluding hydrogens is 517 g/mol. The normalized spacial score (nSPS) is 15.3. The maximum atomic E-state index is 14.2. The first-order valence-electron chi connectivity index (χ1n) is 12.1. The van der Waals surface area contributed by atoms with E-state index in [0.29, 0.717) is 35.0 Å². The monoisotopic (exact) mass is 551 g/mol. The number of anilines is 1. The summed E-state index contributed by atoms with van der Waals surface area (Å²) in [5.41, 5.74) is 6.62. The summed E-state index contributed by atoms with van der Waals surface area (Å²) in [6.45, 7) is 9.59. The lowest BCUT2D eigenvalue weighted by Crippen LogP contribution is -2.49. The number of rotatable bonds is 13. The van der Waals surface area contributed by atoms with Gasteiger partial charge in [-0.3, -0.25) is 9.36 Å². The van der Waals surface area contributed by atoms with Gasteiger partial charge in [-0.1, -0.05) is 30.7 Å². The smallest absolute Gasteiger partial charge is 0.326 e. The fraction of sp³-hybridized carbons (Fsp3) is 0.500. The van der Waals surface area contributed by atoms with Gasteiger partial charge in [0.15, 0.2) is 11.5 Å². The average Bonchev–Trinajstić information content (AvgIpc) is 3.25. The van der Waals surface area contributed by atoms with Gasteiger partial charge in [-0.15, -0.1) is 0 Å². The van der Waals surface area contributed by atoms with Crippen molar-refractivity contribution in [2.24, 2.45) is 0 Å². The molecule has 0 aliphatic rings. The second kappa shape index (κ2) is 12.3. The number of nitrogens with zero attached hydrogens (tertiary/aromatic N) is 4. The minimum absolute atomic E-state index is 0.180. The van der Waals surface area contributed by atoms with Crippen molar-refractivity contribution in [1.82, 2.24) is 29.7 Å². The summed E-state index contributed by atoms with van der Waals surface area (Å²) in [5.74, 6) is -0.200. The number of nitrogens with one attached hydrogen (secondary N) is 2. The molecular formula is C24H35ClN7O4P. The maximum absolute atomic E-state index is 14.2. The summed E-state index contributed by atoms with van der Waals surface area (Å²) in [7, 11) is -3.49. The molecule has 2 heterocycles. The second-order valence-corrected chi connectivity index (χ2v) is 12.1. The minimum atomic E-state index is -3.49. The van der Waals surface area contributed by atoms with Gasteiger partial charge < -0.3 is 19.8 Å². The van der Waals surface area contributed by atoms with E-state index in [0.717, 1.165) is 5.56 Å². The zero-order valence-electron chi connectivity index (χ0n) is 21.8. The SMILES string of the molecule is CCCOC(=O)C(C)(C)NP(=O)(COC(C)Cn1cnc2c(N)ncnc21)N[C@@H](C)c1ccc(Cl)cc1. The maximum Gasteiger partial charge on any atom is 0.326 e. The number of esters is 1. The van der Waals surface area contributed by atoms with Crippen LogP contribution in [0.15, 0.2) is 36.9 Å². The predicted octanol–water partition coefficient (Wildman–Crippen LogP) is 4.29. The Kier molecular flexibility index (Phi) is 9.66. The summed E-state index contributed by atoms with van der Waals surface area (Å²) in [4.78, 5) is 25.1. The molecule has 0 saturated carbocycles. The Labute approximate surface area is 222 Å². The first-order chi connectivity index (χ1) is 17.4. The lowest BCUT2D eigenvalue weighted by molar-refractivity contribution is -0.149. The van der Waals surface area contributed by atoms with Crippen LogP contribution in [0.25, 0.3) is 11.2 Å². The number of carbonyl (C=O) groups is 1. The lowest BCUT2D eigenvalue weighted by atomic mass is 10.1. The second-order valence-electron chi connectivity index (χ2n) is 9.45. The average molecular weight is 552 g/mol. The number of aromatic nitrogens is 4. The number of nitrogen functional groups attached to an aromatic ring is 1. The molecule has 2 unspecified atom stereocenters.